The lowest BCUT2D eigenvalue weighted by Gasteiger charge is -2.37. The molecule has 0 bridgehead atoms. The molecule has 1 aliphatic heterocycles. The van der Waals surface area contributed by atoms with E-state index in [-0.39, 0.29) is 11.9 Å². The number of piperidine rings is 1. The number of benzene rings is 1. The van der Waals surface area contributed by atoms with Crippen LogP contribution in [0.4, 0.5) is 5.69 Å². The maximum absolute atomic E-state index is 13.1. The van der Waals surface area contributed by atoms with Crippen LogP contribution in [-0.4, -0.2) is 43.2 Å². The van der Waals surface area contributed by atoms with Gasteiger partial charge in [0.25, 0.3) is 5.91 Å². The van der Waals surface area contributed by atoms with E-state index in [1.54, 1.807) is 23.1 Å². The van der Waals surface area contributed by atoms with Crippen molar-refractivity contribution < 1.29 is 4.79 Å². The molecular weight excluding hydrogens is 324 g/mol. The molecule has 0 radical (unpaired) electrons. The molecule has 1 aliphatic rings. The van der Waals surface area contributed by atoms with Crippen molar-refractivity contribution in [3.63, 3.8) is 0 Å². The highest BCUT2D eigenvalue weighted by Crippen LogP contribution is 2.29. The topological polar surface area (TPSA) is 23.6 Å². The zero-order chi connectivity index (χ0) is 16.2. The minimum Gasteiger partial charge on any atom is -0.306 e. The van der Waals surface area contributed by atoms with E-state index in [2.05, 4.69) is 36.4 Å². The quantitative estimate of drug-likeness (QED) is 0.775. The molecule has 0 atom stereocenters. The molecule has 2 heterocycles. The standard InChI is InChI=1S/C18H22N2OS2/c1-19-9-6-15(7-10-19)20(18(21)14-8-11-23-13-14)16-4-3-5-17(12-16)22-2/h3-5,8,11-13,15H,6-7,9-10H2,1-2H3. The van der Waals surface area contributed by atoms with Crippen molar-refractivity contribution in [1.29, 1.82) is 0 Å². The number of hydrogen-bond donors (Lipinski definition) is 0. The second kappa shape index (κ2) is 7.51. The van der Waals surface area contributed by atoms with Gasteiger partial charge < -0.3 is 9.80 Å². The Balaban J connectivity index is 1.94. The van der Waals surface area contributed by atoms with Gasteiger partial charge in [0.05, 0.1) is 5.56 Å². The summed E-state index contributed by atoms with van der Waals surface area (Å²) < 4.78 is 0. The summed E-state index contributed by atoms with van der Waals surface area (Å²) in [5.74, 6) is 0.124. The molecule has 0 spiro atoms. The monoisotopic (exact) mass is 346 g/mol. The summed E-state index contributed by atoms with van der Waals surface area (Å²) in [5, 5.41) is 3.92. The summed E-state index contributed by atoms with van der Waals surface area (Å²) in [7, 11) is 2.15. The Kier molecular flexibility index (Phi) is 5.41. The van der Waals surface area contributed by atoms with Gasteiger partial charge in [-0.25, -0.2) is 0 Å². The second-order valence-corrected chi connectivity index (χ2v) is 7.58. The zero-order valence-electron chi connectivity index (χ0n) is 13.6. The number of rotatable bonds is 4. The number of carbonyl (C=O) groups is 1. The predicted octanol–water partition coefficient (Wildman–Crippen LogP) is 4.21. The number of anilines is 1. The number of hydrogen-bond acceptors (Lipinski definition) is 4. The fraction of sp³-hybridized carbons (Fsp3) is 0.389. The Morgan fingerprint density at radius 3 is 2.74 bits per heavy atom. The number of carbonyl (C=O) groups excluding carboxylic acids is 1. The Labute approximate surface area is 146 Å². The molecule has 3 nitrogen and oxygen atoms in total. The average molecular weight is 347 g/mol. The Morgan fingerprint density at radius 2 is 2.09 bits per heavy atom. The van der Waals surface area contributed by atoms with Gasteiger partial charge in [-0.05, 0) is 68.9 Å². The summed E-state index contributed by atoms with van der Waals surface area (Å²) in [6.45, 7) is 2.08. The third kappa shape index (κ3) is 3.79. The number of likely N-dealkylation sites (tertiary alicyclic amines) is 1. The lowest BCUT2D eigenvalue weighted by atomic mass is 10.0. The molecule has 1 amide bonds. The molecule has 1 aromatic carbocycles. The van der Waals surface area contributed by atoms with Gasteiger partial charge in [-0.1, -0.05) is 6.07 Å². The van der Waals surface area contributed by atoms with Crippen LogP contribution >= 0.6 is 23.1 Å². The van der Waals surface area contributed by atoms with E-state index >= 15 is 0 Å². The summed E-state index contributed by atoms with van der Waals surface area (Å²) >= 11 is 3.29. The molecule has 2 aromatic rings. The van der Waals surface area contributed by atoms with Crippen LogP contribution in [0, 0.1) is 0 Å². The lowest BCUT2D eigenvalue weighted by molar-refractivity contribution is 0.0964. The van der Waals surface area contributed by atoms with Gasteiger partial charge in [-0.2, -0.15) is 11.3 Å². The van der Waals surface area contributed by atoms with E-state index in [1.807, 2.05) is 27.8 Å². The molecule has 0 N–H and O–H groups in total. The van der Waals surface area contributed by atoms with Gasteiger partial charge >= 0.3 is 0 Å². The van der Waals surface area contributed by atoms with Gasteiger partial charge in [0.15, 0.2) is 0 Å². The second-order valence-electron chi connectivity index (χ2n) is 5.92. The highest BCUT2D eigenvalue weighted by molar-refractivity contribution is 7.98. The molecular formula is C18H22N2OS2. The average Bonchev–Trinajstić information content (AvgIpc) is 3.11. The molecule has 122 valence electrons. The third-order valence-electron chi connectivity index (χ3n) is 4.37. The van der Waals surface area contributed by atoms with E-state index in [0.717, 1.165) is 37.2 Å². The molecule has 0 saturated carbocycles. The van der Waals surface area contributed by atoms with Crippen molar-refractivity contribution in [2.75, 3.05) is 31.3 Å². The van der Waals surface area contributed by atoms with Crippen LogP contribution < -0.4 is 4.90 Å². The Morgan fingerprint density at radius 1 is 1.30 bits per heavy atom. The SMILES string of the molecule is CSc1cccc(N(C(=O)c2ccsc2)C2CCN(C)CC2)c1. The molecule has 1 saturated heterocycles. The Bertz CT molecular complexity index is 649. The van der Waals surface area contributed by atoms with Crippen LogP contribution in [0.25, 0.3) is 0 Å². The van der Waals surface area contributed by atoms with Crippen molar-refractivity contribution in [2.24, 2.45) is 0 Å². The zero-order valence-corrected chi connectivity index (χ0v) is 15.2. The Hall–Kier alpha value is -1.30. The van der Waals surface area contributed by atoms with Gasteiger partial charge in [0.2, 0.25) is 0 Å². The molecule has 1 fully saturated rings. The number of thiophene rings is 1. The fourth-order valence-electron chi connectivity index (χ4n) is 3.03. The van der Waals surface area contributed by atoms with Crippen molar-refractivity contribution in [3.8, 4) is 0 Å². The summed E-state index contributed by atoms with van der Waals surface area (Å²) in [5.41, 5.74) is 1.81. The largest absolute Gasteiger partial charge is 0.306 e. The molecule has 3 rings (SSSR count). The van der Waals surface area contributed by atoms with Crippen LogP contribution in [0.2, 0.25) is 0 Å². The summed E-state index contributed by atoms with van der Waals surface area (Å²) in [6, 6.07) is 10.5. The fourth-order valence-corrected chi connectivity index (χ4v) is 4.12. The van der Waals surface area contributed by atoms with E-state index < -0.39 is 0 Å². The van der Waals surface area contributed by atoms with Crippen LogP contribution in [0.5, 0.6) is 0 Å². The van der Waals surface area contributed by atoms with E-state index in [1.165, 1.54) is 4.90 Å². The lowest BCUT2D eigenvalue weighted by Crippen LogP contribution is -2.46. The maximum atomic E-state index is 13.1. The van der Waals surface area contributed by atoms with Gasteiger partial charge in [-0.15, -0.1) is 11.8 Å². The minimum atomic E-state index is 0.124. The van der Waals surface area contributed by atoms with Gasteiger partial charge in [0, 0.05) is 22.0 Å². The van der Waals surface area contributed by atoms with Crippen molar-refractivity contribution in [1.82, 2.24) is 4.90 Å². The van der Waals surface area contributed by atoms with E-state index in [0.29, 0.717) is 0 Å². The number of nitrogens with zero attached hydrogens (tertiary/aromatic N) is 2. The van der Waals surface area contributed by atoms with Crippen molar-refractivity contribution >= 4 is 34.7 Å². The highest BCUT2D eigenvalue weighted by atomic mass is 32.2. The number of thioether (sulfide) groups is 1. The van der Waals surface area contributed by atoms with E-state index in [9.17, 15) is 4.79 Å². The van der Waals surface area contributed by atoms with Crippen LogP contribution in [0.15, 0.2) is 46.0 Å². The summed E-state index contributed by atoms with van der Waals surface area (Å²) in [4.78, 5) is 18.7. The van der Waals surface area contributed by atoms with E-state index in [4.69, 9.17) is 0 Å². The normalized spacial score (nSPS) is 16.4. The molecule has 0 aliphatic carbocycles. The molecule has 5 heteroatoms. The van der Waals surface area contributed by atoms with Crippen LogP contribution in [-0.2, 0) is 0 Å². The first-order valence-corrected chi connectivity index (χ1v) is 10.0. The van der Waals surface area contributed by atoms with Crippen molar-refractivity contribution in [2.45, 2.75) is 23.8 Å². The third-order valence-corrected chi connectivity index (χ3v) is 5.78. The minimum absolute atomic E-state index is 0.124. The van der Waals surface area contributed by atoms with Gasteiger partial charge in [0.1, 0.15) is 0 Å². The first-order chi connectivity index (χ1) is 11.2. The smallest absolute Gasteiger partial charge is 0.259 e. The van der Waals surface area contributed by atoms with Crippen molar-refractivity contribution in [3.05, 3.63) is 46.7 Å². The molecule has 0 unspecified atom stereocenters. The van der Waals surface area contributed by atoms with Crippen LogP contribution in [0.1, 0.15) is 23.2 Å². The molecule has 1 aromatic heterocycles. The van der Waals surface area contributed by atoms with Gasteiger partial charge in [-0.3, -0.25) is 4.79 Å². The first kappa shape index (κ1) is 16.6. The maximum Gasteiger partial charge on any atom is 0.259 e. The molecule has 23 heavy (non-hydrogen) atoms. The summed E-state index contributed by atoms with van der Waals surface area (Å²) in [6.07, 6.45) is 4.12. The number of amides is 1. The highest BCUT2D eigenvalue weighted by Gasteiger charge is 2.29. The predicted molar refractivity (Wildman–Crippen MR) is 99.9 cm³/mol. The van der Waals surface area contributed by atoms with Crippen LogP contribution in [0.3, 0.4) is 0 Å². The first-order valence-electron chi connectivity index (χ1n) is 7.87.